The number of amides is 1. The van der Waals surface area contributed by atoms with Crippen LogP contribution < -0.4 is 5.32 Å². The molecular formula is C14H10IN3O2S. The third kappa shape index (κ3) is 3.48. The van der Waals surface area contributed by atoms with Crippen LogP contribution in [0.5, 0.6) is 0 Å². The van der Waals surface area contributed by atoms with Gasteiger partial charge in [0.2, 0.25) is 11.7 Å². The van der Waals surface area contributed by atoms with E-state index < -0.39 is 0 Å². The maximum absolute atomic E-state index is 12.0. The van der Waals surface area contributed by atoms with E-state index in [9.17, 15) is 4.79 Å². The van der Waals surface area contributed by atoms with E-state index in [0.717, 1.165) is 8.45 Å². The molecule has 0 unspecified atom stereocenters. The summed E-state index contributed by atoms with van der Waals surface area (Å²) < 4.78 is 6.21. The lowest BCUT2D eigenvalue weighted by molar-refractivity contribution is 0.0946. The van der Waals surface area contributed by atoms with Gasteiger partial charge in [-0.05, 0) is 58.3 Å². The molecule has 1 aromatic carbocycles. The molecule has 21 heavy (non-hydrogen) atoms. The van der Waals surface area contributed by atoms with Crippen molar-refractivity contribution in [3.63, 3.8) is 0 Å². The van der Waals surface area contributed by atoms with Crippen molar-refractivity contribution in [3.8, 4) is 10.7 Å². The summed E-state index contributed by atoms with van der Waals surface area (Å²) in [5.41, 5.74) is 0.605. The van der Waals surface area contributed by atoms with Gasteiger partial charge in [0.15, 0.2) is 0 Å². The topological polar surface area (TPSA) is 68.0 Å². The number of carbonyl (C=O) groups is 1. The summed E-state index contributed by atoms with van der Waals surface area (Å²) in [5.74, 6) is 0.767. The molecule has 0 saturated carbocycles. The second-order valence-electron chi connectivity index (χ2n) is 4.18. The van der Waals surface area contributed by atoms with Gasteiger partial charge in [0, 0.05) is 9.13 Å². The van der Waals surface area contributed by atoms with Gasteiger partial charge < -0.3 is 9.84 Å². The predicted octanol–water partition coefficient (Wildman–Crippen LogP) is 3.33. The molecule has 3 rings (SSSR count). The predicted molar refractivity (Wildman–Crippen MR) is 87.9 cm³/mol. The fraction of sp³-hybridized carbons (Fsp3) is 0.0714. The zero-order valence-electron chi connectivity index (χ0n) is 10.7. The highest BCUT2D eigenvalue weighted by atomic mass is 127. The largest absolute Gasteiger partial charge is 0.343 e. The Morgan fingerprint density at radius 1 is 1.29 bits per heavy atom. The van der Waals surface area contributed by atoms with Crippen molar-refractivity contribution in [1.29, 1.82) is 0 Å². The number of aromatic nitrogens is 2. The second kappa shape index (κ2) is 6.35. The first-order valence-corrected chi connectivity index (χ1v) is 8.08. The highest BCUT2D eigenvalue weighted by Crippen LogP contribution is 2.21. The van der Waals surface area contributed by atoms with Crippen molar-refractivity contribution in [2.75, 3.05) is 0 Å². The standard InChI is InChI=1S/C14H10IN3O2S/c15-10-5-3-9(4-6-10)14(19)16-8-12-17-13(18-20-12)11-2-1-7-21-11/h1-7H,8H2,(H,16,19). The zero-order valence-corrected chi connectivity index (χ0v) is 13.7. The van der Waals surface area contributed by atoms with Crippen LogP contribution in [0.2, 0.25) is 0 Å². The van der Waals surface area contributed by atoms with Crippen LogP contribution in [0.4, 0.5) is 0 Å². The van der Waals surface area contributed by atoms with Crippen molar-refractivity contribution in [2.24, 2.45) is 0 Å². The first-order chi connectivity index (χ1) is 10.2. The maximum Gasteiger partial charge on any atom is 0.251 e. The van der Waals surface area contributed by atoms with Crippen molar-refractivity contribution >= 4 is 39.8 Å². The lowest BCUT2D eigenvalue weighted by Gasteiger charge is -2.02. The molecule has 0 aliphatic carbocycles. The number of hydrogen-bond acceptors (Lipinski definition) is 5. The average molecular weight is 411 g/mol. The molecule has 0 saturated heterocycles. The summed E-state index contributed by atoms with van der Waals surface area (Å²) in [7, 11) is 0. The van der Waals surface area contributed by atoms with Crippen molar-refractivity contribution in [3.05, 3.63) is 56.8 Å². The maximum atomic E-state index is 12.0. The number of thiophene rings is 1. The second-order valence-corrected chi connectivity index (χ2v) is 6.37. The number of rotatable bonds is 4. The minimum absolute atomic E-state index is 0.165. The Balaban J connectivity index is 1.62. The van der Waals surface area contributed by atoms with E-state index in [-0.39, 0.29) is 12.5 Å². The number of hydrogen-bond donors (Lipinski definition) is 1. The Morgan fingerprint density at radius 3 is 2.81 bits per heavy atom. The van der Waals surface area contributed by atoms with Gasteiger partial charge in [-0.2, -0.15) is 4.98 Å². The molecule has 5 nitrogen and oxygen atoms in total. The zero-order chi connectivity index (χ0) is 14.7. The summed E-state index contributed by atoms with van der Waals surface area (Å²) in [6, 6.07) is 11.2. The van der Waals surface area contributed by atoms with E-state index in [4.69, 9.17) is 4.52 Å². The SMILES string of the molecule is O=C(NCc1nc(-c2cccs2)no1)c1ccc(I)cc1. The van der Waals surface area contributed by atoms with Crippen LogP contribution in [-0.2, 0) is 6.54 Å². The molecule has 0 spiro atoms. The van der Waals surface area contributed by atoms with Gasteiger partial charge in [0.1, 0.15) is 0 Å². The van der Waals surface area contributed by atoms with Gasteiger partial charge >= 0.3 is 0 Å². The molecule has 106 valence electrons. The van der Waals surface area contributed by atoms with E-state index in [1.54, 1.807) is 12.1 Å². The fourth-order valence-electron chi connectivity index (χ4n) is 1.69. The van der Waals surface area contributed by atoms with Crippen LogP contribution in [-0.4, -0.2) is 16.0 Å². The highest BCUT2D eigenvalue weighted by Gasteiger charge is 2.11. The third-order valence-electron chi connectivity index (χ3n) is 2.72. The molecule has 0 aliphatic heterocycles. The van der Waals surface area contributed by atoms with Crippen LogP contribution in [0.1, 0.15) is 16.2 Å². The lowest BCUT2D eigenvalue weighted by Crippen LogP contribution is -2.22. The summed E-state index contributed by atoms with van der Waals surface area (Å²) in [6.07, 6.45) is 0. The number of nitrogens with zero attached hydrogens (tertiary/aromatic N) is 2. The monoisotopic (exact) mass is 411 g/mol. The van der Waals surface area contributed by atoms with Gasteiger partial charge in [-0.1, -0.05) is 11.2 Å². The van der Waals surface area contributed by atoms with Crippen LogP contribution in [0.3, 0.4) is 0 Å². The van der Waals surface area contributed by atoms with Crippen molar-refractivity contribution in [1.82, 2.24) is 15.5 Å². The van der Waals surface area contributed by atoms with E-state index in [1.807, 2.05) is 29.6 Å². The van der Waals surface area contributed by atoms with E-state index in [0.29, 0.717) is 17.3 Å². The summed E-state index contributed by atoms with van der Waals surface area (Å²) >= 11 is 3.73. The molecule has 2 aromatic heterocycles. The number of halogens is 1. The molecule has 7 heteroatoms. The van der Waals surface area contributed by atoms with Gasteiger partial charge in [-0.3, -0.25) is 4.79 Å². The first-order valence-electron chi connectivity index (χ1n) is 6.12. The van der Waals surface area contributed by atoms with E-state index >= 15 is 0 Å². The quantitative estimate of drug-likeness (QED) is 0.669. The molecule has 1 amide bonds. The minimum atomic E-state index is -0.165. The van der Waals surface area contributed by atoms with Gasteiger partial charge in [0.05, 0.1) is 11.4 Å². The molecule has 0 atom stereocenters. The Labute approximate surface area is 138 Å². The van der Waals surface area contributed by atoms with E-state index in [1.165, 1.54) is 11.3 Å². The van der Waals surface area contributed by atoms with Crippen LogP contribution in [0, 0.1) is 3.57 Å². The van der Waals surface area contributed by atoms with Gasteiger partial charge in [0.25, 0.3) is 5.91 Å². The average Bonchev–Trinajstić information content (AvgIpc) is 3.16. The minimum Gasteiger partial charge on any atom is -0.343 e. The normalized spacial score (nSPS) is 10.5. The molecule has 1 N–H and O–H groups in total. The highest BCUT2D eigenvalue weighted by molar-refractivity contribution is 14.1. The molecule has 3 aromatic rings. The number of carbonyl (C=O) groups excluding carboxylic acids is 1. The molecule has 2 heterocycles. The molecule has 0 bridgehead atoms. The molecule has 0 fully saturated rings. The Morgan fingerprint density at radius 2 is 2.10 bits per heavy atom. The van der Waals surface area contributed by atoms with Crippen LogP contribution >= 0.6 is 33.9 Å². The van der Waals surface area contributed by atoms with Crippen LogP contribution in [0.25, 0.3) is 10.7 Å². The van der Waals surface area contributed by atoms with Gasteiger partial charge in [-0.15, -0.1) is 11.3 Å². The number of nitrogens with one attached hydrogen (secondary N) is 1. The summed E-state index contributed by atoms with van der Waals surface area (Å²) in [4.78, 5) is 17.2. The van der Waals surface area contributed by atoms with Crippen molar-refractivity contribution < 1.29 is 9.32 Å². The van der Waals surface area contributed by atoms with Gasteiger partial charge in [-0.25, -0.2) is 0 Å². The third-order valence-corrected chi connectivity index (χ3v) is 4.30. The first kappa shape index (κ1) is 14.2. The summed E-state index contributed by atoms with van der Waals surface area (Å²) in [5, 5.41) is 8.60. The Kier molecular flexibility index (Phi) is 4.30. The van der Waals surface area contributed by atoms with E-state index in [2.05, 4.69) is 38.0 Å². The Bertz CT molecular complexity index is 738. The van der Waals surface area contributed by atoms with Crippen molar-refractivity contribution in [2.45, 2.75) is 6.54 Å². The molecule has 0 aliphatic rings. The molecule has 0 radical (unpaired) electrons. The fourth-order valence-corrected chi connectivity index (χ4v) is 2.70. The number of benzene rings is 1. The summed E-state index contributed by atoms with van der Waals surface area (Å²) in [6.45, 7) is 0.212. The molecular weight excluding hydrogens is 401 g/mol. The smallest absolute Gasteiger partial charge is 0.251 e. The Hall–Kier alpha value is -1.74. The lowest BCUT2D eigenvalue weighted by atomic mass is 10.2. The van der Waals surface area contributed by atoms with Crippen LogP contribution in [0.15, 0.2) is 46.3 Å².